The van der Waals surface area contributed by atoms with E-state index in [4.69, 9.17) is 14.7 Å². The van der Waals surface area contributed by atoms with Crippen LogP contribution in [0.5, 0.6) is 0 Å². The summed E-state index contributed by atoms with van der Waals surface area (Å²) >= 11 is 0. The van der Waals surface area contributed by atoms with E-state index < -0.39 is 0 Å². The maximum atomic E-state index is 12.9. The highest BCUT2D eigenvalue weighted by molar-refractivity contribution is 5.95. The van der Waals surface area contributed by atoms with Crippen molar-refractivity contribution in [2.24, 2.45) is 0 Å². The highest BCUT2D eigenvalue weighted by Gasteiger charge is 2.32. The fourth-order valence-corrected chi connectivity index (χ4v) is 5.72. The van der Waals surface area contributed by atoms with Gasteiger partial charge >= 0.3 is 0 Å². The molecule has 3 aliphatic rings. The molecule has 3 aliphatic heterocycles. The molecule has 0 aliphatic carbocycles. The molecule has 0 N–H and O–H groups in total. The first-order valence-corrected chi connectivity index (χ1v) is 12.6. The molecular formula is C27H36N4O2. The lowest BCUT2D eigenvalue weighted by molar-refractivity contribution is -0.118. The minimum atomic E-state index is 0.187. The topological polar surface area (TPSA) is 58.6 Å². The van der Waals surface area contributed by atoms with Crippen LogP contribution in [0.25, 0.3) is 0 Å². The summed E-state index contributed by atoms with van der Waals surface area (Å²) in [7, 11) is 0. The number of ether oxygens (including phenoxy) is 1. The minimum absolute atomic E-state index is 0.187. The van der Waals surface area contributed by atoms with Gasteiger partial charge in [0.15, 0.2) is 0 Å². The average molecular weight is 449 g/mol. The number of likely N-dealkylation sites (tertiary alicyclic amines) is 1. The van der Waals surface area contributed by atoms with Crippen LogP contribution in [0.2, 0.25) is 0 Å². The number of benzene rings is 1. The summed E-state index contributed by atoms with van der Waals surface area (Å²) in [5.41, 5.74) is 4.72. The Labute approximate surface area is 197 Å². The Balaban J connectivity index is 1.37. The fraction of sp³-hybridized carbons (Fsp3) is 0.593. The van der Waals surface area contributed by atoms with E-state index in [-0.39, 0.29) is 5.91 Å². The van der Waals surface area contributed by atoms with Gasteiger partial charge in [0.2, 0.25) is 5.91 Å². The zero-order valence-corrected chi connectivity index (χ0v) is 20.1. The van der Waals surface area contributed by atoms with Crippen molar-refractivity contribution in [3.63, 3.8) is 0 Å². The quantitative estimate of drug-likeness (QED) is 0.693. The maximum absolute atomic E-state index is 12.9. The molecule has 2 aromatic rings. The van der Waals surface area contributed by atoms with Crippen LogP contribution in [0.4, 0.5) is 5.82 Å². The Morgan fingerprint density at radius 1 is 1.09 bits per heavy atom. The predicted molar refractivity (Wildman–Crippen MR) is 130 cm³/mol. The standard InChI is InChI=1S/C27H36N4O2/c1-19-5-3-6-21(17-19)10-14-31-25(32)9-8-24-20(2)28-26(29-27(24)31)22-7-4-13-30(18-22)23-11-15-33-16-12-23/h3,5-6,17,22-23H,4,7-16,18H2,1-2H3/t22-/m0/s1. The number of aromatic nitrogens is 2. The number of anilines is 1. The molecule has 1 aromatic heterocycles. The van der Waals surface area contributed by atoms with Crippen molar-refractivity contribution in [2.45, 2.75) is 70.8 Å². The molecule has 6 heteroatoms. The molecule has 1 atom stereocenters. The van der Waals surface area contributed by atoms with Gasteiger partial charge in [-0.25, -0.2) is 9.97 Å². The summed E-state index contributed by atoms with van der Waals surface area (Å²) in [5.74, 6) is 2.32. The van der Waals surface area contributed by atoms with Crippen LogP contribution in [-0.2, 0) is 22.4 Å². The second-order valence-corrected chi connectivity index (χ2v) is 9.93. The molecule has 2 saturated heterocycles. The number of amides is 1. The van der Waals surface area contributed by atoms with Crippen LogP contribution in [0, 0.1) is 13.8 Å². The molecule has 33 heavy (non-hydrogen) atoms. The van der Waals surface area contributed by atoms with E-state index in [0.29, 0.717) is 24.9 Å². The first kappa shape index (κ1) is 22.5. The summed E-state index contributed by atoms with van der Waals surface area (Å²) < 4.78 is 5.57. The van der Waals surface area contributed by atoms with Crippen LogP contribution >= 0.6 is 0 Å². The van der Waals surface area contributed by atoms with Crippen molar-refractivity contribution >= 4 is 11.7 Å². The summed E-state index contributed by atoms with van der Waals surface area (Å²) in [4.78, 5) is 27.6. The molecule has 1 aromatic carbocycles. The average Bonchev–Trinajstić information content (AvgIpc) is 2.84. The van der Waals surface area contributed by atoms with Crippen molar-refractivity contribution in [3.8, 4) is 0 Å². The van der Waals surface area contributed by atoms with Crippen molar-refractivity contribution in [1.82, 2.24) is 14.9 Å². The third kappa shape index (κ3) is 4.97. The van der Waals surface area contributed by atoms with Gasteiger partial charge in [-0.1, -0.05) is 29.8 Å². The maximum Gasteiger partial charge on any atom is 0.228 e. The number of fused-ring (bicyclic) bond motifs is 1. The third-order valence-corrected chi connectivity index (χ3v) is 7.59. The molecular weight excluding hydrogens is 412 g/mol. The van der Waals surface area contributed by atoms with Gasteiger partial charge in [-0.3, -0.25) is 14.6 Å². The van der Waals surface area contributed by atoms with Gasteiger partial charge in [-0.15, -0.1) is 0 Å². The highest BCUT2D eigenvalue weighted by atomic mass is 16.5. The SMILES string of the molecule is Cc1cccc(CCN2C(=O)CCc3c(C)nc([C@H]4CCCN(C5CCOCC5)C4)nc32)c1. The largest absolute Gasteiger partial charge is 0.381 e. The lowest BCUT2D eigenvalue weighted by Gasteiger charge is -2.39. The summed E-state index contributed by atoms with van der Waals surface area (Å²) in [6.45, 7) is 8.80. The summed E-state index contributed by atoms with van der Waals surface area (Å²) in [5, 5.41) is 0. The molecule has 0 radical (unpaired) electrons. The summed E-state index contributed by atoms with van der Waals surface area (Å²) in [6.07, 6.45) is 6.68. The fourth-order valence-electron chi connectivity index (χ4n) is 5.72. The van der Waals surface area contributed by atoms with E-state index in [2.05, 4.69) is 43.0 Å². The first-order chi connectivity index (χ1) is 16.1. The second-order valence-electron chi connectivity index (χ2n) is 9.93. The number of nitrogens with zero attached hydrogens (tertiary/aromatic N) is 4. The van der Waals surface area contributed by atoms with E-state index in [0.717, 1.165) is 81.3 Å². The Hall–Kier alpha value is -2.31. The van der Waals surface area contributed by atoms with Crippen molar-refractivity contribution < 1.29 is 9.53 Å². The minimum Gasteiger partial charge on any atom is -0.381 e. The van der Waals surface area contributed by atoms with Crippen LogP contribution < -0.4 is 4.90 Å². The lowest BCUT2D eigenvalue weighted by Crippen LogP contribution is -2.45. The molecule has 1 amide bonds. The number of hydrogen-bond donors (Lipinski definition) is 0. The number of carbonyl (C=O) groups is 1. The number of piperidine rings is 1. The van der Waals surface area contributed by atoms with Gasteiger partial charge in [0, 0.05) is 55.9 Å². The zero-order chi connectivity index (χ0) is 22.8. The molecule has 2 fully saturated rings. The van der Waals surface area contributed by atoms with E-state index in [1.807, 2.05) is 4.90 Å². The van der Waals surface area contributed by atoms with Crippen LogP contribution in [0.3, 0.4) is 0 Å². The second kappa shape index (κ2) is 9.90. The normalized spacial score (nSPS) is 22.4. The van der Waals surface area contributed by atoms with Gasteiger partial charge in [0.1, 0.15) is 11.6 Å². The summed E-state index contributed by atoms with van der Waals surface area (Å²) in [6, 6.07) is 9.17. The lowest BCUT2D eigenvalue weighted by atomic mass is 9.93. The van der Waals surface area contributed by atoms with Gasteiger partial charge in [0.05, 0.1) is 0 Å². The van der Waals surface area contributed by atoms with Gasteiger partial charge in [-0.2, -0.15) is 0 Å². The van der Waals surface area contributed by atoms with Crippen LogP contribution in [-0.4, -0.2) is 59.7 Å². The van der Waals surface area contributed by atoms with E-state index in [1.54, 1.807) is 0 Å². The molecule has 0 bridgehead atoms. The third-order valence-electron chi connectivity index (χ3n) is 7.59. The van der Waals surface area contributed by atoms with Crippen molar-refractivity contribution in [3.05, 3.63) is 52.5 Å². The van der Waals surface area contributed by atoms with Crippen LogP contribution in [0.15, 0.2) is 24.3 Å². The molecule has 4 heterocycles. The Bertz CT molecular complexity index is 1000. The number of rotatable bonds is 5. The monoisotopic (exact) mass is 448 g/mol. The predicted octanol–water partition coefficient (Wildman–Crippen LogP) is 3.97. The van der Waals surface area contributed by atoms with Crippen LogP contribution in [0.1, 0.15) is 66.2 Å². The van der Waals surface area contributed by atoms with Gasteiger partial charge < -0.3 is 4.74 Å². The van der Waals surface area contributed by atoms with E-state index >= 15 is 0 Å². The van der Waals surface area contributed by atoms with Crippen molar-refractivity contribution in [2.75, 3.05) is 37.7 Å². The first-order valence-electron chi connectivity index (χ1n) is 12.6. The molecule has 0 unspecified atom stereocenters. The van der Waals surface area contributed by atoms with E-state index in [9.17, 15) is 4.79 Å². The smallest absolute Gasteiger partial charge is 0.228 e. The van der Waals surface area contributed by atoms with E-state index in [1.165, 1.54) is 17.5 Å². The molecule has 0 saturated carbocycles. The highest BCUT2D eigenvalue weighted by Crippen LogP contribution is 2.33. The number of aryl methyl sites for hydroxylation is 2. The number of hydrogen-bond acceptors (Lipinski definition) is 5. The van der Waals surface area contributed by atoms with Gasteiger partial charge in [0.25, 0.3) is 0 Å². The molecule has 176 valence electrons. The molecule has 5 rings (SSSR count). The molecule has 6 nitrogen and oxygen atoms in total. The molecule has 0 spiro atoms. The zero-order valence-electron chi connectivity index (χ0n) is 20.1. The Morgan fingerprint density at radius 2 is 1.94 bits per heavy atom. The Morgan fingerprint density at radius 3 is 2.76 bits per heavy atom. The van der Waals surface area contributed by atoms with Crippen molar-refractivity contribution in [1.29, 1.82) is 0 Å². The Kier molecular flexibility index (Phi) is 6.74. The van der Waals surface area contributed by atoms with Gasteiger partial charge in [-0.05, 0) is 64.5 Å². The number of carbonyl (C=O) groups excluding carboxylic acids is 1.